The van der Waals surface area contributed by atoms with Gasteiger partial charge in [0.25, 0.3) is 0 Å². The molecular weight excluding hydrogens is 342 g/mol. The predicted octanol–water partition coefficient (Wildman–Crippen LogP) is 8.49. The van der Waals surface area contributed by atoms with Crippen molar-refractivity contribution in [2.24, 2.45) is 11.7 Å². The molecule has 0 rings (SSSR count). The van der Waals surface area contributed by atoms with Crippen molar-refractivity contribution in [3.8, 4) is 0 Å². The van der Waals surface area contributed by atoms with Crippen LogP contribution in [0.2, 0.25) is 0 Å². The van der Waals surface area contributed by atoms with Crippen LogP contribution in [-0.2, 0) is 4.79 Å². The van der Waals surface area contributed by atoms with Crippen LogP contribution in [0.3, 0.4) is 0 Å². The van der Waals surface area contributed by atoms with Crippen molar-refractivity contribution < 1.29 is 4.79 Å². The molecule has 0 unspecified atom stereocenters. The molecule has 28 heavy (non-hydrogen) atoms. The van der Waals surface area contributed by atoms with Crippen molar-refractivity contribution in [1.29, 1.82) is 0 Å². The van der Waals surface area contributed by atoms with Gasteiger partial charge in [-0.2, -0.15) is 0 Å². The monoisotopic (exact) mass is 393 g/mol. The molecule has 1 amide bonds. The Labute approximate surface area is 177 Å². The molecule has 0 aliphatic rings. The molecule has 0 aromatic rings. The first-order chi connectivity index (χ1) is 13.7. The van der Waals surface area contributed by atoms with Gasteiger partial charge in [-0.05, 0) is 38.0 Å². The van der Waals surface area contributed by atoms with Crippen molar-refractivity contribution in [1.82, 2.24) is 0 Å². The highest BCUT2D eigenvalue weighted by Gasteiger charge is 2.07. The molecule has 0 aromatic carbocycles. The van der Waals surface area contributed by atoms with Crippen LogP contribution in [0, 0.1) is 5.92 Å². The lowest BCUT2D eigenvalue weighted by Gasteiger charge is -2.16. The van der Waals surface area contributed by atoms with Crippen LogP contribution in [0.15, 0.2) is 12.2 Å². The minimum Gasteiger partial charge on any atom is -0.370 e. The van der Waals surface area contributed by atoms with Crippen LogP contribution in [0.4, 0.5) is 0 Å². The van der Waals surface area contributed by atoms with Gasteiger partial charge < -0.3 is 5.73 Å². The molecule has 0 aromatic heterocycles. The van der Waals surface area contributed by atoms with E-state index in [4.69, 9.17) is 5.73 Å². The Morgan fingerprint density at radius 3 is 1.57 bits per heavy atom. The fraction of sp³-hybridized carbons (Fsp3) is 0.885. The summed E-state index contributed by atoms with van der Waals surface area (Å²) in [5, 5.41) is 0. The quantitative estimate of drug-likeness (QED) is 0.145. The molecule has 2 heteroatoms. The molecule has 2 nitrogen and oxygen atoms in total. The normalized spacial score (nSPS) is 11.7. The molecule has 0 bridgehead atoms. The summed E-state index contributed by atoms with van der Waals surface area (Å²) in [6.07, 6.45) is 30.7. The Hall–Kier alpha value is -0.790. The number of amides is 1. The van der Waals surface area contributed by atoms with Gasteiger partial charge >= 0.3 is 0 Å². The van der Waals surface area contributed by atoms with Crippen molar-refractivity contribution in [2.45, 2.75) is 142 Å². The number of hydrogen-bond donors (Lipinski definition) is 1. The largest absolute Gasteiger partial charge is 0.370 e. The first kappa shape index (κ1) is 27.2. The standard InChI is InChI=1S/C26H51NO/c1-3-5-21-25(22-6-4-2)23-19-17-15-13-11-9-7-8-10-12-14-16-18-20-24-26(27)28/h7-8,25H,3-6,9-24H2,1-2H3,(H2,27,28)/b8-7-. The van der Waals surface area contributed by atoms with E-state index < -0.39 is 0 Å². The number of unbranched alkanes of at least 4 members (excludes halogenated alkanes) is 12. The second kappa shape index (κ2) is 22.5. The first-order valence-electron chi connectivity index (χ1n) is 12.6. The number of carbonyl (C=O) groups is 1. The number of carbonyl (C=O) groups excluding carboxylic acids is 1. The van der Waals surface area contributed by atoms with Crippen LogP contribution in [0.1, 0.15) is 142 Å². The Morgan fingerprint density at radius 2 is 1.07 bits per heavy atom. The molecule has 0 aliphatic heterocycles. The van der Waals surface area contributed by atoms with Crippen LogP contribution in [0.25, 0.3) is 0 Å². The lowest BCUT2D eigenvalue weighted by molar-refractivity contribution is -0.118. The Balaban J connectivity index is 3.36. The second-order valence-corrected chi connectivity index (χ2v) is 8.74. The third-order valence-electron chi connectivity index (χ3n) is 5.88. The van der Waals surface area contributed by atoms with Gasteiger partial charge in [0.15, 0.2) is 0 Å². The molecule has 166 valence electrons. The van der Waals surface area contributed by atoms with Crippen molar-refractivity contribution >= 4 is 5.91 Å². The van der Waals surface area contributed by atoms with Crippen molar-refractivity contribution in [3.05, 3.63) is 12.2 Å². The minimum atomic E-state index is -0.161. The van der Waals surface area contributed by atoms with Crippen LogP contribution >= 0.6 is 0 Å². The van der Waals surface area contributed by atoms with E-state index in [1.54, 1.807) is 0 Å². The van der Waals surface area contributed by atoms with Gasteiger partial charge in [0, 0.05) is 6.42 Å². The molecule has 0 atom stereocenters. The summed E-state index contributed by atoms with van der Waals surface area (Å²) in [4.78, 5) is 10.6. The molecule has 0 heterocycles. The third kappa shape index (κ3) is 21.5. The molecule has 0 fully saturated rings. The second-order valence-electron chi connectivity index (χ2n) is 8.74. The predicted molar refractivity (Wildman–Crippen MR) is 126 cm³/mol. The summed E-state index contributed by atoms with van der Waals surface area (Å²) < 4.78 is 0. The highest BCUT2D eigenvalue weighted by Crippen LogP contribution is 2.23. The van der Waals surface area contributed by atoms with Gasteiger partial charge in [0.05, 0.1) is 0 Å². The van der Waals surface area contributed by atoms with E-state index in [2.05, 4.69) is 26.0 Å². The summed E-state index contributed by atoms with van der Waals surface area (Å²) in [7, 11) is 0. The van der Waals surface area contributed by atoms with E-state index in [-0.39, 0.29) is 5.91 Å². The zero-order valence-electron chi connectivity index (χ0n) is 19.4. The van der Waals surface area contributed by atoms with Gasteiger partial charge in [-0.1, -0.05) is 116 Å². The zero-order valence-corrected chi connectivity index (χ0v) is 19.4. The van der Waals surface area contributed by atoms with E-state index >= 15 is 0 Å². The maximum absolute atomic E-state index is 10.6. The number of primary amides is 1. The average molecular weight is 394 g/mol. The lowest BCUT2D eigenvalue weighted by atomic mass is 9.90. The fourth-order valence-corrected chi connectivity index (χ4v) is 3.97. The number of allylic oxidation sites excluding steroid dienone is 2. The van der Waals surface area contributed by atoms with E-state index in [1.165, 1.54) is 109 Å². The zero-order chi connectivity index (χ0) is 20.7. The van der Waals surface area contributed by atoms with Crippen molar-refractivity contribution in [3.63, 3.8) is 0 Å². The Bertz CT molecular complexity index is 342. The van der Waals surface area contributed by atoms with Gasteiger partial charge in [-0.25, -0.2) is 0 Å². The lowest BCUT2D eigenvalue weighted by Crippen LogP contribution is -2.09. The highest BCUT2D eigenvalue weighted by atomic mass is 16.1. The maximum atomic E-state index is 10.6. The smallest absolute Gasteiger partial charge is 0.217 e. The van der Waals surface area contributed by atoms with Crippen LogP contribution in [-0.4, -0.2) is 5.91 Å². The maximum Gasteiger partial charge on any atom is 0.217 e. The number of rotatable bonds is 22. The molecule has 0 spiro atoms. The molecule has 0 saturated heterocycles. The molecule has 2 N–H and O–H groups in total. The van der Waals surface area contributed by atoms with Gasteiger partial charge in [0.2, 0.25) is 5.91 Å². The Kier molecular flexibility index (Phi) is 21.9. The van der Waals surface area contributed by atoms with E-state index in [0.717, 1.165) is 18.8 Å². The molecule has 0 radical (unpaired) electrons. The minimum absolute atomic E-state index is 0.161. The summed E-state index contributed by atoms with van der Waals surface area (Å²) in [5.74, 6) is 0.845. The van der Waals surface area contributed by atoms with Crippen LogP contribution < -0.4 is 5.73 Å². The van der Waals surface area contributed by atoms with E-state index in [1.807, 2.05) is 0 Å². The van der Waals surface area contributed by atoms with Crippen LogP contribution in [0.5, 0.6) is 0 Å². The SMILES string of the molecule is CCCCC(CCCC)CCCCCCC/C=C\CCCCCCCC(N)=O. The summed E-state index contributed by atoms with van der Waals surface area (Å²) in [6.45, 7) is 4.64. The Morgan fingerprint density at radius 1 is 0.643 bits per heavy atom. The van der Waals surface area contributed by atoms with E-state index in [0.29, 0.717) is 6.42 Å². The number of nitrogens with two attached hydrogens (primary N) is 1. The van der Waals surface area contributed by atoms with Gasteiger partial charge in [-0.3, -0.25) is 4.79 Å². The summed E-state index contributed by atoms with van der Waals surface area (Å²) in [5.41, 5.74) is 5.14. The highest BCUT2D eigenvalue weighted by molar-refractivity contribution is 5.73. The van der Waals surface area contributed by atoms with Gasteiger partial charge in [0.1, 0.15) is 0 Å². The van der Waals surface area contributed by atoms with Crippen molar-refractivity contribution in [2.75, 3.05) is 0 Å². The first-order valence-corrected chi connectivity index (χ1v) is 12.6. The molecule has 0 saturated carbocycles. The number of hydrogen-bond acceptors (Lipinski definition) is 1. The van der Waals surface area contributed by atoms with Gasteiger partial charge in [-0.15, -0.1) is 0 Å². The molecule has 0 aliphatic carbocycles. The third-order valence-corrected chi connectivity index (χ3v) is 5.88. The fourth-order valence-electron chi connectivity index (χ4n) is 3.97. The molecular formula is C26H51NO. The summed E-state index contributed by atoms with van der Waals surface area (Å²) >= 11 is 0. The topological polar surface area (TPSA) is 43.1 Å². The van der Waals surface area contributed by atoms with E-state index in [9.17, 15) is 4.79 Å². The summed E-state index contributed by atoms with van der Waals surface area (Å²) in [6, 6.07) is 0. The average Bonchev–Trinajstić information content (AvgIpc) is 2.68.